The third-order valence-corrected chi connectivity index (χ3v) is 3.55. The Morgan fingerprint density at radius 1 is 1.29 bits per heavy atom. The maximum atomic E-state index is 10.6. The summed E-state index contributed by atoms with van der Waals surface area (Å²) in [6.07, 6.45) is 6.34. The Morgan fingerprint density at radius 3 is 2.58 bits per heavy atom. The molecule has 2 unspecified atom stereocenters. The van der Waals surface area contributed by atoms with Crippen LogP contribution >= 0.6 is 0 Å². The van der Waals surface area contributed by atoms with E-state index >= 15 is 0 Å². The Balaban J connectivity index is 0. The number of aliphatic carboxylic acids is 1. The van der Waals surface area contributed by atoms with Crippen LogP contribution in [0.5, 0.6) is 0 Å². The summed E-state index contributed by atoms with van der Waals surface area (Å²) in [6, 6.07) is 0. The van der Waals surface area contributed by atoms with E-state index in [1.54, 1.807) is 6.08 Å². The van der Waals surface area contributed by atoms with Crippen LogP contribution in [0.15, 0.2) is 12.2 Å². The number of carboxylic acids is 1. The van der Waals surface area contributed by atoms with Gasteiger partial charge >= 0.3 is 29.6 Å². The zero-order chi connectivity index (χ0) is 17.5. The van der Waals surface area contributed by atoms with Crippen LogP contribution < -0.4 is 40.0 Å². The number of nitrogens with zero attached hydrogens (tertiary/aromatic N) is 1. The van der Waals surface area contributed by atoms with Gasteiger partial charge in [-0.25, -0.2) is 0 Å². The minimum absolute atomic E-state index is 0. The SMILES string of the molecule is CC/C=C/C(O)CN(CCNCC(O)CCCC)CCC(=O)[O-].[Na+]. The van der Waals surface area contributed by atoms with Crippen LogP contribution in [0.3, 0.4) is 0 Å². The minimum Gasteiger partial charge on any atom is -0.550 e. The van der Waals surface area contributed by atoms with Crippen LogP contribution in [0.1, 0.15) is 46.0 Å². The van der Waals surface area contributed by atoms with Crippen LogP contribution in [0.4, 0.5) is 0 Å². The molecule has 0 rings (SSSR count). The van der Waals surface area contributed by atoms with Gasteiger partial charge in [0.1, 0.15) is 0 Å². The molecule has 7 heteroatoms. The first-order chi connectivity index (χ1) is 11.0. The van der Waals surface area contributed by atoms with Crippen molar-refractivity contribution in [3.8, 4) is 0 Å². The molecule has 3 N–H and O–H groups in total. The van der Waals surface area contributed by atoms with Crippen LogP contribution in [0.25, 0.3) is 0 Å². The van der Waals surface area contributed by atoms with Gasteiger partial charge in [0, 0.05) is 38.7 Å². The van der Waals surface area contributed by atoms with E-state index in [0.29, 0.717) is 32.7 Å². The number of aliphatic hydroxyl groups excluding tert-OH is 2. The fraction of sp³-hybridized carbons (Fsp3) is 0.824. The molecule has 0 aliphatic heterocycles. The van der Waals surface area contributed by atoms with Crippen LogP contribution in [0.2, 0.25) is 0 Å². The molecule has 136 valence electrons. The first-order valence-electron chi connectivity index (χ1n) is 8.65. The summed E-state index contributed by atoms with van der Waals surface area (Å²) in [4.78, 5) is 12.5. The number of carboxylic acid groups (broad SMARTS) is 1. The normalized spacial score (nSPS) is 13.9. The van der Waals surface area contributed by atoms with Gasteiger partial charge in [0.15, 0.2) is 0 Å². The van der Waals surface area contributed by atoms with Gasteiger partial charge in [0.05, 0.1) is 12.2 Å². The quantitative estimate of drug-likeness (QED) is 0.164. The number of rotatable bonds is 15. The molecule has 0 amide bonds. The van der Waals surface area contributed by atoms with Crippen LogP contribution in [-0.2, 0) is 4.79 Å². The molecular formula is C17H33N2NaO4. The Labute approximate surface area is 168 Å². The molecule has 0 aliphatic carbocycles. The third kappa shape index (κ3) is 16.9. The van der Waals surface area contributed by atoms with Crippen molar-refractivity contribution in [3.63, 3.8) is 0 Å². The molecule has 0 aromatic heterocycles. The second-order valence-corrected chi connectivity index (χ2v) is 5.83. The molecule has 0 saturated heterocycles. The monoisotopic (exact) mass is 352 g/mol. The van der Waals surface area contributed by atoms with E-state index in [1.807, 2.05) is 17.9 Å². The Kier molecular flexibility index (Phi) is 19.6. The Bertz CT molecular complexity index is 330. The van der Waals surface area contributed by atoms with E-state index in [1.165, 1.54) is 0 Å². The third-order valence-electron chi connectivity index (χ3n) is 3.55. The molecule has 2 atom stereocenters. The predicted molar refractivity (Wildman–Crippen MR) is 89.9 cm³/mol. The molecule has 6 nitrogen and oxygen atoms in total. The van der Waals surface area contributed by atoms with Crippen molar-refractivity contribution in [3.05, 3.63) is 12.2 Å². The number of nitrogens with one attached hydrogen (secondary N) is 1. The Morgan fingerprint density at radius 2 is 2.00 bits per heavy atom. The van der Waals surface area contributed by atoms with Crippen molar-refractivity contribution in [1.82, 2.24) is 10.2 Å². The van der Waals surface area contributed by atoms with E-state index in [9.17, 15) is 20.1 Å². The molecule has 0 bridgehead atoms. The number of hydrogen-bond donors (Lipinski definition) is 3. The Hall–Kier alpha value is 0.0500. The van der Waals surface area contributed by atoms with E-state index in [-0.39, 0.29) is 42.1 Å². The van der Waals surface area contributed by atoms with E-state index in [4.69, 9.17) is 0 Å². The fourth-order valence-electron chi connectivity index (χ4n) is 2.21. The second-order valence-electron chi connectivity index (χ2n) is 5.83. The van der Waals surface area contributed by atoms with Crippen molar-refractivity contribution in [2.45, 2.75) is 58.2 Å². The summed E-state index contributed by atoms with van der Waals surface area (Å²) in [5, 5.41) is 33.5. The van der Waals surface area contributed by atoms with Crippen molar-refractivity contribution < 1.29 is 49.7 Å². The molecule has 0 saturated carbocycles. The maximum absolute atomic E-state index is 10.6. The molecule has 0 fully saturated rings. The average molecular weight is 352 g/mol. The number of unbranched alkanes of at least 4 members (excludes halogenated alkanes) is 1. The molecule has 0 aromatic carbocycles. The zero-order valence-electron chi connectivity index (χ0n) is 15.5. The molecule has 24 heavy (non-hydrogen) atoms. The van der Waals surface area contributed by atoms with Gasteiger partial charge < -0.3 is 25.4 Å². The second kappa shape index (κ2) is 17.9. The molecule has 0 heterocycles. The summed E-state index contributed by atoms with van der Waals surface area (Å²) in [7, 11) is 0. The minimum atomic E-state index is -1.09. The van der Waals surface area contributed by atoms with Crippen molar-refractivity contribution in [2.24, 2.45) is 0 Å². The van der Waals surface area contributed by atoms with Gasteiger partial charge in [-0.2, -0.15) is 0 Å². The van der Waals surface area contributed by atoms with Crippen molar-refractivity contribution >= 4 is 5.97 Å². The smallest absolute Gasteiger partial charge is 0.550 e. The summed E-state index contributed by atoms with van der Waals surface area (Å²) >= 11 is 0. The number of hydrogen-bond acceptors (Lipinski definition) is 6. The first-order valence-corrected chi connectivity index (χ1v) is 8.65. The van der Waals surface area contributed by atoms with Crippen molar-refractivity contribution in [1.29, 1.82) is 0 Å². The zero-order valence-corrected chi connectivity index (χ0v) is 17.5. The number of allylic oxidation sites excluding steroid dienone is 1. The van der Waals surface area contributed by atoms with Gasteiger partial charge in [0.25, 0.3) is 0 Å². The molecule has 0 aromatic rings. The van der Waals surface area contributed by atoms with Gasteiger partial charge in [0.2, 0.25) is 0 Å². The summed E-state index contributed by atoms with van der Waals surface area (Å²) in [5.74, 6) is -1.09. The van der Waals surface area contributed by atoms with Crippen LogP contribution in [-0.4, -0.2) is 66.0 Å². The van der Waals surface area contributed by atoms with Gasteiger partial charge in [-0.3, -0.25) is 4.90 Å². The fourth-order valence-corrected chi connectivity index (χ4v) is 2.21. The number of carbonyl (C=O) groups is 1. The molecular weight excluding hydrogens is 319 g/mol. The number of aliphatic hydroxyl groups is 2. The van der Waals surface area contributed by atoms with Gasteiger partial charge in [-0.15, -0.1) is 0 Å². The van der Waals surface area contributed by atoms with E-state index in [2.05, 4.69) is 12.2 Å². The topological polar surface area (TPSA) is 95.9 Å². The van der Waals surface area contributed by atoms with Crippen LogP contribution in [0, 0.1) is 0 Å². The van der Waals surface area contributed by atoms with E-state index in [0.717, 1.165) is 25.7 Å². The largest absolute Gasteiger partial charge is 1.00 e. The predicted octanol–water partition coefficient (Wildman–Crippen LogP) is -3.10. The van der Waals surface area contributed by atoms with Gasteiger partial charge in [-0.05, 0) is 19.3 Å². The number of carbonyl (C=O) groups excluding carboxylic acids is 1. The molecule has 0 radical (unpaired) electrons. The summed E-state index contributed by atoms with van der Waals surface area (Å²) in [6.45, 7) is 6.61. The van der Waals surface area contributed by atoms with Crippen molar-refractivity contribution in [2.75, 3.05) is 32.7 Å². The van der Waals surface area contributed by atoms with E-state index < -0.39 is 12.1 Å². The molecule has 0 aliphatic rings. The summed E-state index contributed by atoms with van der Waals surface area (Å²) < 4.78 is 0. The summed E-state index contributed by atoms with van der Waals surface area (Å²) in [5.41, 5.74) is 0. The molecule has 0 spiro atoms. The maximum Gasteiger partial charge on any atom is 1.00 e. The average Bonchev–Trinajstić information content (AvgIpc) is 2.52. The van der Waals surface area contributed by atoms with Gasteiger partial charge in [-0.1, -0.05) is 38.8 Å². The first kappa shape index (κ1) is 26.3. The standard InChI is InChI=1S/C17H34N2O4.Na/c1-3-5-7-15(20)13-18-10-12-19(11-9-17(22)23)14-16(21)8-6-4-2;/h6,8,15-16,18,20-21H,3-5,7,9-14H2,1-2H3,(H,22,23);/q;+1/p-1/b8-6+;.